The number of fused-ring (bicyclic) bond motifs is 3. The number of aromatic nitrogens is 5. The molecule has 3 aromatic heterocycles. The van der Waals surface area contributed by atoms with Gasteiger partial charge in [-0.2, -0.15) is 4.63 Å². The van der Waals surface area contributed by atoms with E-state index in [1.54, 1.807) is 47.4 Å². The van der Waals surface area contributed by atoms with Crippen molar-refractivity contribution in [3.8, 4) is 11.3 Å². The lowest BCUT2D eigenvalue weighted by atomic mass is 9.75. The van der Waals surface area contributed by atoms with Crippen molar-refractivity contribution in [2.75, 3.05) is 0 Å². The van der Waals surface area contributed by atoms with Crippen LogP contribution in [0.4, 0.5) is 4.39 Å². The summed E-state index contributed by atoms with van der Waals surface area (Å²) in [5.74, 6) is 0.382. The number of rotatable bonds is 2. The van der Waals surface area contributed by atoms with Crippen LogP contribution in [-0.4, -0.2) is 30.8 Å². The highest BCUT2D eigenvalue weighted by Gasteiger charge is 2.48. The maximum absolute atomic E-state index is 14.0. The molecule has 7 nitrogen and oxygen atoms in total. The molecule has 150 valence electrons. The van der Waals surface area contributed by atoms with Gasteiger partial charge >= 0.3 is 5.97 Å². The molecule has 0 unspecified atom stereocenters. The quantitative estimate of drug-likeness (QED) is 0.512. The molecule has 1 saturated carbocycles. The number of benzene rings is 1. The van der Waals surface area contributed by atoms with Gasteiger partial charge in [-0.3, -0.25) is 10.1 Å². The molecule has 1 spiro atoms. The van der Waals surface area contributed by atoms with Gasteiger partial charge in [-0.25, -0.2) is 14.2 Å². The van der Waals surface area contributed by atoms with Crippen LogP contribution >= 0.6 is 0 Å². The Morgan fingerprint density at radius 2 is 2.00 bits per heavy atom. The highest BCUT2D eigenvalue weighted by atomic mass is 19.1. The minimum absolute atomic E-state index is 0.181. The normalized spacial score (nSPS) is 23.1. The summed E-state index contributed by atoms with van der Waals surface area (Å²) in [7, 11) is 0. The second-order valence-electron chi connectivity index (χ2n) is 7.97. The molecule has 0 radical (unpaired) electrons. The number of nitrogens with one attached hydrogen (secondary N) is 1. The minimum Gasteiger partial charge on any atom is -0.450 e. The summed E-state index contributed by atoms with van der Waals surface area (Å²) in [5.41, 5.74) is 2.73. The summed E-state index contributed by atoms with van der Waals surface area (Å²) >= 11 is 0. The summed E-state index contributed by atoms with van der Waals surface area (Å²) in [6.45, 7) is 0. The zero-order chi connectivity index (χ0) is 20.3. The lowest BCUT2D eigenvalue weighted by Gasteiger charge is -2.35. The van der Waals surface area contributed by atoms with Crippen LogP contribution in [0, 0.1) is 5.82 Å². The van der Waals surface area contributed by atoms with Crippen molar-refractivity contribution in [2.45, 2.75) is 37.2 Å². The number of nitrogens with zero attached hydrogens (tertiary/aromatic N) is 4. The van der Waals surface area contributed by atoms with E-state index < -0.39 is 5.60 Å². The molecule has 4 heterocycles. The van der Waals surface area contributed by atoms with E-state index in [0.29, 0.717) is 22.5 Å². The molecule has 4 aromatic rings. The number of aromatic amines is 1. The smallest absolute Gasteiger partial charge is 0.339 e. The van der Waals surface area contributed by atoms with Gasteiger partial charge < -0.3 is 4.74 Å². The Kier molecular flexibility index (Phi) is 3.59. The number of ether oxygens (including phenoxy) is 1. The second-order valence-corrected chi connectivity index (χ2v) is 7.97. The van der Waals surface area contributed by atoms with E-state index in [-0.39, 0.29) is 17.7 Å². The molecule has 30 heavy (non-hydrogen) atoms. The fourth-order valence-electron chi connectivity index (χ4n) is 4.72. The molecule has 0 saturated heterocycles. The van der Waals surface area contributed by atoms with Crippen LogP contribution in [0.25, 0.3) is 16.9 Å². The average molecular weight is 403 g/mol. The van der Waals surface area contributed by atoms with Crippen LogP contribution in [0.15, 0.2) is 48.8 Å². The predicted molar refractivity (Wildman–Crippen MR) is 105 cm³/mol. The maximum atomic E-state index is 14.0. The Bertz CT molecular complexity index is 1250. The SMILES string of the molecule is O=C1OC2(CCC(c3nc4cc(-c5ccccc5F)[nH]n4n3)CC2)c2cnccc21. The molecule has 1 aromatic carbocycles. The molecule has 0 amide bonds. The number of hydrogen-bond acceptors (Lipinski definition) is 5. The first-order valence-corrected chi connectivity index (χ1v) is 10.0. The summed E-state index contributed by atoms with van der Waals surface area (Å²) in [6, 6.07) is 10.1. The summed E-state index contributed by atoms with van der Waals surface area (Å²) in [6.07, 6.45) is 6.44. The molecule has 6 rings (SSSR count). The number of carbonyl (C=O) groups is 1. The van der Waals surface area contributed by atoms with Crippen LogP contribution in [0.2, 0.25) is 0 Å². The maximum Gasteiger partial charge on any atom is 0.339 e. The van der Waals surface area contributed by atoms with E-state index in [1.807, 2.05) is 0 Å². The lowest BCUT2D eigenvalue weighted by Crippen LogP contribution is -2.31. The first-order chi connectivity index (χ1) is 14.6. The lowest BCUT2D eigenvalue weighted by molar-refractivity contribution is -0.0313. The Morgan fingerprint density at radius 3 is 2.80 bits per heavy atom. The highest BCUT2D eigenvalue weighted by Crippen LogP contribution is 2.49. The van der Waals surface area contributed by atoms with Gasteiger partial charge in [0, 0.05) is 35.5 Å². The van der Waals surface area contributed by atoms with Gasteiger partial charge in [0.15, 0.2) is 11.5 Å². The van der Waals surface area contributed by atoms with Crippen LogP contribution in [0.1, 0.15) is 53.3 Å². The zero-order valence-corrected chi connectivity index (χ0v) is 16.0. The minimum atomic E-state index is -0.574. The number of hydrogen-bond donors (Lipinski definition) is 1. The molecule has 1 aliphatic heterocycles. The third kappa shape index (κ3) is 2.49. The van der Waals surface area contributed by atoms with Crippen LogP contribution in [0.5, 0.6) is 0 Å². The van der Waals surface area contributed by atoms with E-state index in [2.05, 4.69) is 20.2 Å². The predicted octanol–water partition coefficient (Wildman–Crippen LogP) is 3.98. The number of carbonyl (C=O) groups excluding carboxylic acids is 1. The second kappa shape index (κ2) is 6.22. The van der Waals surface area contributed by atoms with Crippen LogP contribution < -0.4 is 0 Å². The van der Waals surface area contributed by atoms with Crippen molar-refractivity contribution >= 4 is 11.6 Å². The molecular weight excluding hydrogens is 385 g/mol. The van der Waals surface area contributed by atoms with Gasteiger partial charge in [-0.1, -0.05) is 12.1 Å². The largest absolute Gasteiger partial charge is 0.450 e. The molecule has 2 aliphatic rings. The third-order valence-electron chi connectivity index (χ3n) is 6.29. The van der Waals surface area contributed by atoms with Gasteiger partial charge in [0.25, 0.3) is 0 Å². The van der Waals surface area contributed by atoms with Crippen molar-refractivity contribution in [1.82, 2.24) is 24.8 Å². The summed E-state index contributed by atoms with van der Waals surface area (Å²) < 4.78 is 21.4. The van der Waals surface area contributed by atoms with Crippen molar-refractivity contribution < 1.29 is 13.9 Å². The molecular formula is C22H18FN5O2. The first-order valence-electron chi connectivity index (χ1n) is 10.0. The highest BCUT2D eigenvalue weighted by molar-refractivity contribution is 5.94. The Morgan fingerprint density at radius 1 is 1.17 bits per heavy atom. The average Bonchev–Trinajstić information content (AvgIpc) is 3.41. The van der Waals surface area contributed by atoms with Gasteiger partial charge in [0.1, 0.15) is 11.4 Å². The van der Waals surface area contributed by atoms with Crippen LogP contribution in [-0.2, 0) is 10.3 Å². The Labute approximate surface area is 170 Å². The van der Waals surface area contributed by atoms with Crippen molar-refractivity contribution in [2.24, 2.45) is 0 Å². The van der Waals surface area contributed by atoms with E-state index in [4.69, 9.17) is 4.74 Å². The molecule has 1 aliphatic carbocycles. The van der Waals surface area contributed by atoms with Crippen molar-refractivity contribution in [3.63, 3.8) is 0 Å². The number of pyridine rings is 1. The van der Waals surface area contributed by atoms with Crippen LogP contribution in [0.3, 0.4) is 0 Å². The molecule has 0 atom stereocenters. The van der Waals surface area contributed by atoms with E-state index >= 15 is 0 Å². The number of esters is 1. The van der Waals surface area contributed by atoms with Crippen molar-refractivity contribution in [1.29, 1.82) is 0 Å². The first kappa shape index (κ1) is 17.3. The van der Waals surface area contributed by atoms with E-state index in [9.17, 15) is 9.18 Å². The van der Waals surface area contributed by atoms with Gasteiger partial charge in [0.2, 0.25) is 0 Å². The topological polar surface area (TPSA) is 85.2 Å². The molecule has 1 fully saturated rings. The van der Waals surface area contributed by atoms with Crippen molar-refractivity contribution in [3.05, 3.63) is 71.6 Å². The third-order valence-corrected chi connectivity index (χ3v) is 6.29. The van der Waals surface area contributed by atoms with Gasteiger partial charge in [-0.15, -0.1) is 5.10 Å². The molecule has 0 bridgehead atoms. The molecule has 1 N–H and O–H groups in total. The van der Waals surface area contributed by atoms with Gasteiger partial charge in [0.05, 0.1) is 11.3 Å². The number of H-pyrrole nitrogens is 1. The zero-order valence-electron chi connectivity index (χ0n) is 16.0. The summed E-state index contributed by atoms with van der Waals surface area (Å²) in [4.78, 5) is 21.1. The van der Waals surface area contributed by atoms with E-state index in [1.165, 1.54) is 6.07 Å². The van der Waals surface area contributed by atoms with E-state index in [0.717, 1.165) is 37.1 Å². The fraction of sp³-hybridized carbons (Fsp3) is 0.273. The van der Waals surface area contributed by atoms with Gasteiger partial charge in [-0.05, 0) is 43.9 Å². The standard InChI is InChI=1S/C22H18FN5O2/c23-17-4-2-1-3-15(17)18-11-19-25-20(27-28(19)26-18)13-5-8-22(9-6-13)16-12-24-10-7-14(16)21(29)30-22/h1-4,7,10-13,26H,5-6,8-9H2. The molecule has 8 heteroatoms. The number of halogens is 1. The summed E-state index contributed by atoms with van der Waals surface area (Å²) in [5, 5.41) is 7.70. The monoisotopic (exact) mass is 403 g/mol. The Balaban J connectivity index is 1.24. The Hall–Kier alpha value is -3.55. The fourth-order valence-corrected chi connectivity index (χ4v) is 4.72.